The first-order chi connectivity index (χ1) is 9.93. The van der Waals surface area contributed by atoms with Crippen molar-refractivity contribution < 1.29 is 24.6 Å². The van der Waals surface area contributed by atoms with Gasteiger partial charge in [0.05, 0.1) is 0 Å². The van der Waals surface area contributed by atoms with Crippen LogP contribution in [0.1, 0.15) is 45.4 Å². The Hall–Kier alpha value is -1.79. The van der Waals surface area contributed by atoms with Crippen molar-refractivity contribution in [1.82, 2.24) is 10.2 Å². The van der Waals surface area contributed by atoms with E-state index >= 15 is 0 Å². The van der Waals surface area contributed by atoms with Gasteiger partial charge in [-0.2, -0.15) is 0 Å². The Balaban J connectivity index is 2.47. The van der Waals surface area contributed by atoms with Gasteiger partial charge in [-0.1, -0.05) is 6.92 Å². The van der Waals surface area contributed by atoms with Gasteiger partial charge in [0.2, 0.25) is 0 Å². The van der Waals surface area contributed by atoms with Crippen LogP contribution in [0.4, 0.5) is 4.79 Å². The zero-order valence-corrected chi connectivity index (χ0v) is 12.4. The molecule has 1 aliphatic rings. The summed E-state index contributed by atoms with van der Waals surface area (Å²) in [6.45, 7) is 3.24. The maximum absolute atomic E-state index is 12.1. The molecule has 1 atom stereocenters. The number of nitrogens with one attached hydrogen (secondary N) is 1. The van der Waals surface area contributed by atoms with Crippen molar-refractivity contribution in [2.24, 2.45) is 5.92 Å². The molecule has 7 nitrogen and oxygen atoms in total. The number of hydrogen-bond donors (Lipinski definition) is 3. The highest BCUT2D eigenvalue weighted by Crippen LogP contribution is 2.29. The van der Waals surface area contributed by atoms with Gasteiger partial charge in [0.15, 0.2) is 0 Å². The van der Waals surface area contributed by atoms with Crippen LogP contribution in [-0.4, -0.2) is 52.2 Å². The fraction of sp³-hybridized carbons (Fsp3) is 0.786. The van der Waals surface area contributed by atoms with E-state index in [9.17, 15) is 14.4 Å². The first-order valence-corrected chi connectivity index (χ1v) is 7.44. The summed E-state index contributed by atoms with van der Waals surface area (Å²) in [6, 6.07) is -1.40. The molecule has 0 spiro atoms. The summed E-state index contributed by atoms with van der Waals surface area (Å²) < 4.78 is 0. The number of carbonyl (C=O) groups excluding carboxylic acids is 1. The maximum Gasteiger partial charge on any atom is 0.326 e. The summed E-state index contributed by atoms with van der Waals surface area (Å²) in [5.41, 5.74) is 0. The first kappa shape index (κ1) is 17.3. The van der Waals surface area contributed by atoms with Gasteiger partial charge in [-0.05, 0) is 38.0 Å². The van der Waals surface area contributed by atoms with Crippen molar-refractivity contribution in [2.75, 3.05) is 13.1 Å². The first-order valence-electron chi connectivity index (χ1n) is 7.44. The van der Waals surface area contributed by atoms with Gasteiger partial charge in [0.25, 0.3) is 0 Å². The predicted molar refractivity (Wildman–Crippen MR) is 76.0 cm³/mol. The van der Waals surface area contributed by atoms with Crippen molar-refractivity contribution >= 4 is 18.0 Å². The van der Waals surface area contributed by atoms with E-state index in [1.165, 1.54) is 0 Å². The molecule has 0 unspecified atom stereocenters. The van der Waals surface area contributed by atoms with E-state index in [0.717, 1.165) is 19.3 Å². The van der Waals surface area contributed by atoms with E-state index in [4.69, 9.17) is 10.2 Å². The molecular weight excluding hydrogens is 276 g/mol. The zero-order chi connectivity index (χ0) is 15.8. The number of nitrogens with zero attached hydrogens (tertiary/aromatic N) is 1. The Morgan fingerprint density at radius 1 is 1.29 bits per heavy atom. The average molecular weight is 300 g/mol. The van der Waals surface area contributed by atoms with Crippen LogP contribution in [0.15, 0.2) is 0 Å². The van der Waals surface area contributed by atoms with Crippen molar-refractivity contribution in [3.8, 4) is 0 Å². The largest absolute Gasteiger partial charge is 0.481 e. The van der Waals surface area contributed by atoms with Gasteiger partial charge >= 0.3 is 18.0 Å². The summed E-state index contributed by atoms with van der Waals surface area (Å²) in [5, 5.41) is 20.2. The monoisotopic (exact) mass is 300 g/mol. The van der Waals surface area contributed by atoms with E-state index in [1.807, 2.05) is 6.92 Å². The number of amides is 2. The van der Waals surface area contributed by atoms with Gasteiger partial charge in [0, 0.05) is 19.5 Å². The van der Waals surface area contributed by atoms with Crippen molar-refractivity contribution in [3.05, 3.63) is 0 Å². The van der Waals surface area contributed by atoms with Crippen LogP contribution in [0.25, 0.3) is 0 Å². The predicted octanol–water partition coefficient (Wildman–Crippen LogP) is 1.53. The molecule has 1 aliphatic carbocycles. The minimum absolute atomic E-state index is 0.0968. The molecule has 0 aromatic carbocycles. The number of carbonyl (C=O) groups is 3. The van der Waals surface area contributed by atoms with Crippen LogP contribution in [-0.2, 0) is 9.59 Å². The Kier molecular flexibility index (Phi) is 6.98. The molecule has 1 saturated carbocycles. The lowest BCUT2D eigenvalue weighted by Gasteiger charge is -2.24. The SMILES string of the molecule is CCCN(CC1CC1)C(=O)N[C@H](CCCC(=O)O)C(=O)O. The van der Waals surface area contributed by atoms with Gasteiger partial charge < -0.3 is 20.4 Å². The molecule has 1 fully saturated rings. The van der Waals surface area contributed by atoms with Gasteiger partial charge in [-0.15, -0.1) is 0 Å². The number of aliphatic carboxylic acids is 2. The van der Waals surface area contributed by atoms with E-state index in [-0.39, 0.29) is 25.3 Å². The van der Waals surface area contributed by atoms with Crippen LogP contribution in [0.5, 0.6) is 0 Å². The Morgan fingerprint density at radius 2 is 1.95 bits per heavy atom. The van der Waals surface area contributed by atoms with Crippen molar-refractivity contribution in [2.45, 2.75) is 51.5 Å². The van der Waals surface area contributed by atoms with Crippen molar-refractivity contribution in [3.63, 3.8) is 0 Å². The van der Waals surface area contributed by atoms with Crippen LogP contribution in [0.3, 0.4) is 0 Å². The van der Waals surface area contributed by atoms with Crippen LogP contribution in [0.2, 0.25) is 0 Å². The fourth-order valence-corrected chi connectivity index (χ4v) is 2.11. The van der Waals surface area contributed by atoms with Gasteiger partial charge in [0.1, 0.15) is 6.04 Å². The highest BCUT2D eigenvalue weighted by Gasteiger charge is 2.28. The third-order valence-corrected chi connectivity index (χ3v) is 3.44. The summed E-state index contributed by atoms with van der Waals surface area (Å²) in [5.74, 6) is -1.55. The third kappa shape index (κ3) is 6.97. The van der Waals surface area contributed by atoms with Crippen LogP contribution in [0, 0.1) is 5.92 Å². The molecule has 2 amide bonds. The van der Waals surface area contributed by atoms with E-state index < -0.39 is 18.0 Å². The Bertz CT molecular complexity index is 382. The van der Waals surface area contributed by atoms with Crippen molar-refractivity contribution in [1.29, 1.82) is 0 Å². The highest BCUT2D eigenvalue weighted by molar-refractivity contribution is 5.82. The second kappa shape index (κ2) is 8.49. The second-order valence-corrected chi connectivity index (χ2v) is 5.52. The van der Waals surface area contributed by atoms with Crippen LogP contribution >= 0.6 is 0 Å². The number of hydrogen-bond acceptors (Lipinski definition) is 3. The Labute approximate surface area is 124 Å². The lowest BCUT2D eigenvalue weighted by molar-refractivity contribution is -0.140. The van der Waals surface area contributed by atoms with E-state index in [1.54, 1.807) is 4.90 Å². The fourth-order valence-electron chi connectivity index (χ4n) is 2.11. The lowest BCUT2D eigenvalue weighted by atomic mass is 10.1. The third-order valence-electron chi connectivity index (χ3n) is 3.44. The lowest BCUT2D eigenvalue weighted by Crippen LogP contribution is -2.48. The minimum Gasteiger partial charge on any atom is -0.481 e. The minimum atomic E-state index is -1.13. The normalized spacial score (nSPS) is 15.3. The molecule has 3 N–H and O–H groups in total. The smallest absolute Gasteiger partial charge is 0.326 e. The Morgan fingerprint density at radius 3 is 2.43 bits per heavy atom. The van der Waals surface area contributed by atoms with Crippen LogP contribution < -0.4 is 5.32 Å². The number of rotatable bonds is 10. The number of urea groups is 1. The van der Waals surface area contributed by atoms with E-state index in [0.29, 0.717) is 19.0 Å². The molecule has 1 rings (SSSR count). The highest BCUT2D eigenvalue weighted by atomic mass is 16.4. The molecule has 0 saturated heterocycles. The molecule has 21 heavy (non-hydrogen) atoms. The molecule has 0 aromatic heterocycles. The maximum atomic E-state index is 12.1. The molecule has 0 radical (unpaired) electrons. The summed E-state index contributed by atoms with van der Waals surface area (Å²) in [7, 11) is 0. The molecule has 0 aromatic rings. The number of carboxylic acids is 2. The summed E-state index contributed by atoms with van der Waals surface area (Å²) in [4.78, 5) is 35.4. The molecule has 0 heterocycles. The topological polar surface area (TPSA) is 107 Å². The quantitative estimate of drug-likeness (QED) is 0.567. The molecular formula is C14H24N2O5. The van der Waals surface area contributed by atoms with Gasteiger partial charge in [-0.25, -0.2) is 9.59 Å². The molecule has 7 heteroatoms. The van der Waals surface area contributed by atoms with Gasteiger partial charge in [-0.3, -0.25) is 4.79 Å². The summed E-state index contributed by atoms with van der Waals surface area (Å²) in [6.07, 6.45) is 3.31. The second-order valence-electron chi connectivity index (χ2n) is 5.52. The molecule has 0 bridgehead atoms. The van der Waals surface area contributed by atoms with E-state index in [2.05, 4.69) is 5.32 Å². The standard InChI is InChI=1S/C14H24N2O5/c1-2-8-16(9-10-6-7-10)14(21)15-11(13(19)20)4-3-5-12(17)18/h10-11H,2-9H2,1H3,(H,15,21)(H,17,18)(H,19,20)/t11-/m1/s1. The number of carboxylic acid groups (broad SMARTS) is 2. The molecule has 0 aliphatic heterocycles. The molecule has 120 valence electrons. The zero-order valence-electron chi connectivity index (χ0n) is 12.4. The average Bonchev–Trinajstić information content (AvgIpc) is 3.20. The summed E-state index contributed by atoms with van der Waals surface area (Å²) >= 11 is 0.